The van der Waals surface area contributed by atoms with Crippen LogP contribution in [-0.2, 0) is 4.79 Å². The Balaban J connectivity index is 0.000000232. The molecule has 0 radical (unpaired) electrons. The summed E-state index contributed by atoms with van der Waals surface area (Å²) in [5.41, 5.74) is 1.01. The van der Waals surface area contributed by atoms with Gasteiger partial charge in [-0.2, -0.15) is 0 Å². The van der Waals surface area contributed by atoms with Gasteiger partial charge in [0.1, 0.15) is 0 Å². The summed E-state index contributed by atoms with van der Waals surface area (Å²) in [6.45, 7) is 1.10. The minimum atomic E-state index is -1.79. The van der Waals surface area contributed by atoms with Crippen LogP contribution >= 0.6 is 0 Å². The summed E-state index contributed by atoms with van der Waals surface area (Å²) in [4.78, 5) is 32.0. The molecule has 0 heterocycles. The molecule has 0 saturated heterocycles. The van der Waals surface area contributed by atoms with Crippen LogP contribution in [0.2, 0.25) is 0 Å². The smallest absolute Gasteiger partial charge is 0.212 e. The van der Waals surface area contributed by atoms with Crippen molar-refractivity contribution in [3.8, 4) is 0 Å². The number of aliphatic hydroxyl groups is 2. The Morgan fingerprint density at radius 1 is 1.00 bits per heavy atom. The number of aliphatic hydroxyl groups excluding tert-OH is 1. The summed E-state index contributed by atoms with van der Waals surface area (Å²) < 4.78 is 0. The third kappa shape index (κ3) is 3.44. The monoisotopic (exact) mass is 248 g/mol. The predicted molar refractivity (Wildman–Crippen MR) is 63.1 cm³/mol. The second-order valence-corrected chi connectivity index (χ2v) is 3.59. The number of Topliss-reactive ketones (excluding diaryl/α,β-unsaturated/α-hetero) is 1. The molecule has 0 aliphatic heterocycles. The first kappa shape index (κ1) is 14.0. The summed E-state index contributed by atoms with van der Waals surface area (Å²) in [5.74, 6) is -0.814. The second-order valence-electron chi connectivity index (χ2n) is 3.59. The van der Waals surface area contributed by atoms with E-state index in [1.807, 2.05) is 0 Å². The van der Waals surface area contributed by atoms with E-state index in [0.717, 1.165) is 6.92 Å². The van der Waals surface area contributed by atoms with Gasteiger partial charge in [-0.05, 0) is 19.1 Å². The van der Waals surface area contributed by atoms with Gasteiger partial charge in [-0.3, -0.25) is 14.4 Å². The van der Waals surface area contributed by atoms with Gasteiger partial charge in [0, 0.05) is 11.1 Å². The van der Waals surface area contributed by atoms with Crippen LogP contribution in [0.3, 0.4) is 0 Å². The number of hydrogen-bond acceptors (Lipinski definition) is 5. The highest BCUT2D eigenvalue weighted by Gasteiger charge is 2.16. The lowest BCUT2D eigenvalue weighted by Crippen LogP contribution is -2.14. The van der Waals surface area contributed by atoms with Gasteiger partial charge in [0.25, 0.3) is 0 Å². The normalized spacial score (nSPS) is 12.9. The van der Waals surface area contributed by atoms with Crippen LogP contribution in [0.15, 0.2) is 36.4 Å². The Morgan fingerprint density at radius 3 is 1.61 bits per heavy atom. The molecule has 0 spiro atoms. The predicted octanol–water partition coefficient (Wildman–Crippen LogP) is 0.508. The summed E-state index contributed by atoms with van der Waals surface area (Å²) in [6, 6.07) is 6.84. The van der Waals surface area contributed by atoms with Crippen LogP contribution in [-0.4, -0.2) is 33.9 Å². The van der Waals surface area contributed by atoms with Crippen molar-refractivity contribution in [2.45, 2.75) is 13.2 Å². The fourth-order valence-corrected chi connectivity index (χ4v) is 1.24. The summed E-state index contributed by atoms with van der Waals surface area (Å²) in [5, 5.41) is 15.7. The van der Waals surface area contributed by atoms with Crippen molar-refractivity contribution in [2.24, 2.45) is 0 Å². The fraction of sp³-hybridized carbons (Fsp3) is 0.154. The standard InChI is InChI=1S/C10H6O2.C3H6O3/c11-9-5-6-10(12)8-4-2-1-3-7(8)9;1-2(4)3(5)6/h1-6H;3,5-6H,1H3. The van der Waals surface area contributed by atoms with Gasteiger partial charge in [0.2, 0.25) is 6.29 Å². The quantitative estimate of drug-likeness (QED) is 0.706. The first-order valence-electron chi connectivity index (χ1n) is 5.16. The van der Waals surface area contributed by atoms with Crippen LogP contribution in [0.1, 0.15) is 27.6 Å². The zero-order valence-electron chi connectivity index (χ0n) is 9.66. The highest BCUT2D eigenvalue weighted by molar-refractivity contribution is 6.21. The fourth-order valence-electron chi connectivity index (χ4n) is 1.24. The first-order chi connectivity index (χ1) is 8.43. The molecule has 1 aromatic rings. The number of rotatable bonds is 1. The molecular formula is C13H12O5. The Hall–Kier alpha value is -2.11. The highest BCUT2D eigenvalue weighted by atomic mass is 16.5. The van der Waals surface area contributed by atoms with E-state index in [-0.39, 0.29) is 11.6 Å². The molecule has 0 aromatic heterocycles. The zero-order chi connectivity index (χ0) is 13.7. The van der Waals surface area contributed by atoms with Gasteiger partial charge in [0.15, 0.2) is 17.3 Å². The third-order valence-corrected chi connectivity index (χ3v) is 2.21. The maximum Gasteiger partial charge on any atom is 0.212 e. The molecule has 1 aliphatic carbocycles. The molecule has 2 rings (SSSR count). The third-order valence-electron chi connectivity index (χ3n) is 2.21. The van der Waals surface area contributed by atoms with Crippen molar-refractivity contribution in [2.75, 3.05) is 0 Å². The minimum Gasteiger partial charge on any atom is -0.362 e. The SMILES string of the molecule is CC(=O)C(O)O.O=C1C=CC(=O)c2ccccc21. The summed E-state index contributed by atoms with van der Waals surface area (Å²) in [7, 11) is 0. The number of ketones is 3. The number of hydrogen-bond donors (Lipinski definition) is 2. The summed E-state index contributed by atoms with van der Waals surface area (Å²) in [6.07, 6.45) is 0.833. The first-order valence-corrected chi connectivity index (χ1v) is 5.16. The van der Waals surface area contributed by atoms with Crippen LogP contribution < -0.4 is 0 Å². The van der Waals surface area contributed by atoms with Crippen molar-refractivity contribution >= 4 is 17.3 Å². The lowest BCUT2D eigenvalue weighted by Gasteiger charge is -2.06. The molecular weight excluding hydrogens is 236 g/mol. The maximum atomic E-state index is 11.2. The zero-order valence-corrected chi connectivity index (χ0v) is 9.66. The molecule has 0 unspecified atom stereocenters. The van der Waals surface area contributed by atoms with Gasteiger partial charge in [-0.1, -0.05) is 24.3 Å². The molecule has 5 nitrogen and oxygen atoms in total. The highest BCUT2D eigenvalue weighted by Crippen LogP contribution is 2.15. The number of allylic oxidation sites excluding steroid dienone is 2. The van der Waals surface area contributed by atoms with Gasteiger partial charge >= 0.3 is 0 Å². The van der Waals surface area contributed by atoms with Crippen LogP contribution in [0.25, 0.3) is 0 Å². The molecule has 18 heavy (non-hydrogen) atoms. The molecule has 94 valence electrons. The Morgan fingerprint density at radius 2 is 1.33 bits per heavy atom. The van der Waals surface area contributed by atoms with Crippen molar-refractivity contribution in [3.63, 3.8) is 0 Å². The van der Waals surface area contributed by atoms with E-state index < -0.39 is 12.1 Å². The van der Waals surface area contributed by atoms with Gasteiger partial charge in [-0.25, -0.2) is 0 Å². The van der Waals surface area contributed by atoms with Gasteiger partial charge in [-0.15, -0.1) is 0 Å². The molecule has 0 atom stereocenters. The molecule has 0 bridgehead atoms. The maximum absolute atomic E-state index is 11.2. The molecule has 1 aliphatic rings. The number of fused-ring (bicyclic) bond motifs is 1. The Labute approximate surface area is 103 Å². The van der Waals surface area contributed by atoms with Crippen molar-refractivity contribution in [3.05, 3.63) is 47.5 Å². The van der Waals surface area contributed by atoms with E-state index in [1.54, 1.807) is 24.3 Å². The van der Waals surface area contributed by atoms with E-state index in [2.05, 4.69) is 0 Å². The summed E-state index contributed by atoms with van der Waals surface area (Å²) >= 11 is 0. The van der Waals surface area contributed by atoms with E-state index in [4.69, 9.17) is 10.2 Å². The molecule has 1 aromatic carbocycles. The molecule has 2 N–H and O–H groups in total. The molecule has 0 amide bonds. The van der Waals surface area contributed by atoms with Crippen molar-refractivity contribution < 1.29 is 24.6 Å². The Bertz CT molecular complexity index is 477. The van der Waals surface area contributed by atoms with E-state index in [9.17, 15) is 14.4 Å². The number of benzene rings is 1. The van der Waals surface area contributed by atoms with E-state index in [1.165, 1.54) is 12.2 Å². The van der Waals surface area contributed by atoms with Crippen molar-refractivity contribution in [1.82, 2.24) is 0 Å². The number of carbonyl (C=O) groups is 3. The van der Waals surface area contributed by atoms with Gasteiger partial charge < -0.3 is 10.2 Å². The lowest BCUT2D eigenvalue weighted by molar-refractivity contribution is -0.142. The van der Waals surface area contributed by atoms with Crippen LogP contribution in [0.5, 0.6) is 0 Å². The van der Waals surface area contributed by atoms with E-state index in [0.29, 0.717) is 11.1 Å². The topological polar surface area (TPSA) is 91.7 Å². The average Bonchev–Trinajstić information content (AvgIpc) is 2.35. The van der Waals surface area contributed by atoms with Gasteiger partial charge in [0.05, 0.1) is 0 Å². The molecule has 0 fully saturated rings. The second kappa shape index (κ2) is 6.00. The average molecular weight is 248 g/mol. The Kier molecular flexibility index (Phi) is 4.65. The lowest BCUT2D eigenvalue weighted by atomic mass is 9.95. The largest absolute Gasteiger partial charge is 0.362 e. The van der Waals surface area contributed by atoms with E-state index >= 15 is 0 Å². The molecule has 0 saturated carbocycles. The van der Waals surface area contributed by atoms with Crippen LogP contribution in [0.4, 0.5) is 0 Å². The number of carbonyl (C=O) groups excluding carboxylic acids is 3. The minimum absolute atomic E-state index is 0.0924. The molecule has 5 heteroatoms. The van der Waals surface area contributed by atoms with Crippen molar-refractivity contribution in [1.29, 1.82) is 0 Å². The van der Waals surface area contributed by atoms with Crippen LogP contribution in [0, 0.1) is 0 Å².